The van der Waals surface area contributed by atoms with Gasteiger partial charge in [0.1, 0.15) is 6.33 Å². The molecule has 78 valence electrons. The first kappa shape index (κ1) is 9.21. The van der Waals surface area contributed by atoms with E-state index in [-0.39, 0.29) is 0 Å². The van der Waals surface area contributed by atoms with Crippen LogP contribution >= 0.6 is 0 Å². The van der Waals surface area contributed by atoms with E-state index in [1.807, 2.05) is 6.21 Å². The van der Waals surface area contributed by atoms with E-state index in [0.717, 1.165) is 29.1 Å². The minimum Gasteiger partial charge on any atom is -0.241 e. The number of aryl methyl sites for hydroxylation is 1. The maximum Gasteiger partial charge on any atom is 0.159 e. The number of rotatable bonds is 1. The molecule has 3 nitrogen and oxygen atoms in total. The Hall–Kier alpha value is -2.03. The molecule has 0 spiro atoms. The van der Waals surface area contributed by atoms with Crippen molar-refractivity contribution in [1.82, 2.24) is 9.97 Å². The van der Waals surface area contributed by atoms with Crippen molar-refractivity contribution in [1.29, 1.82) is 0 Å². The molecule has 1 aliphatic heterocycles. The third kappa shape index (κ3) is 1.41. The lowest BCUT2D eigenvalue weighted by Crippen LogP contribution is -1.92. The Bertz CT molecular complexity index is 556. The summed E-state index contributed by atoms with van der Waals surface area (Å²) in [5, 5.41) is 0. The fraction of sp³-hybridized carbons (Fsp3) is 0.154. The highest BCUT2D eigenvalue weighted by molar-refractivity contribution is 5.80. The summed E-state index contributed by atoms with van der Waals surface area (Å²) < 4.78 is 0. The van der Waals surface area contributed by atoms with Crippen molar-refractivity contribution in [2.24, 2.45) is 4.99 Å². The molecular formula is C13H11N3. The molecule has 3 heteroatoms. The minimum absolute atomic E-state index is 0.811. The van der Waals surface area contributed by atoms with E-state index < -0.39 is 0 Å². The maximum absolute atomic E-state index is 4.36. The van der Waals surface area contributed by atoms with Crippen LogP contribution < -0.4 is 0 Å². The van der Waals surface area contributed by atoms with Gasteiger partial charge in [-0.1, -0.05) is 29.8 Å². The lowest BCUT2D eigenvalue weighted by Gasteiger charge is -2.05. The Morgan fingerprint density at radius 1 is 1.06 bits per heavy atom. The van der Waals surface area contributed by atoms with Crippen LogP contribution in [-0.2, 0) is 6.42 Å². The molecule has 1 aromatic heterocycles. The molecular weight excluding hydrogens is 198 g/mol. The van der Waals surface area contributed by atoms with Crippen LogP contribution in [0.15, 0.2) is 35.6 Å². The second kappa shape index (κ2) is 3.52. The number of nitrogens with zero attached hydrogens (tertiary/aromatic N) is 3. The van der Waals surface area contributed by atoms with Gasteiger partial charge in [0, 0.05) is 23.8 Å². The third-order valence-electron chi connectivity index (χ3n) is 2.76. The summed E-state index contributed by atoms with van der Waals surface area (Å²) in [6.07, 6.45) is 4.30. The average molecular weight is 209 g/mol. The summed E-state index contributed by atoms with van der Waals surface area (Å²) in [5.41, 5.74) is 4.52. The lowest BCUT2D eigenvalue weighted by atomic mass is 10.0. The zero-order valence-corrected chi connectivity index (χ0v) is 9.01. The molecule has 0 N–H and O–H groups in total. The molecule has 16 heavy (non-hydrogen) atoms. The monoisotopic (exact) mass is 209 g/mol. The molecule has 1 aliphatic rings. The summed E-state index contributed by atoms with van der Waals surface area (Å²) in [5.74, 6) is 0.811. The number of hydrogen-bond donors (Lipinski definition) is 0. The molecule has 0 saturated carbocycles. The van der Waals surface area contributed by atoms with Crippen LogP contribution in [0.3, 0.4) is 0 Å². The van der Waals surface area contributed by atoms with E-state index in [1.54, 1.807) is 6.33 Å². The van der Waals surface area contributed by atoms with Gasteiger partial charge in [-0.05, 0) is 6.92 Å². The maximum atomic E-state index is 4.36. The van der Waals surface area contributed by atoms with Crippen LogP contribution in [0.5, 0.6) is 0 Å². The molecule has 3 rings (SSSR count). The summed E-state index contributed by atoms with van der Waals surface area (Å²) in [4.78, 5) is 12.7. The standard InChI is InChI=1S/C13H11N3/c1-9-2-4-10(5-3-9)12-11-6-7-14-13(11)16-8-15-12/h2-5,7-8H,6H2,1H3. The van der Waals surface area contributed by atoms with Gasteiger partial charge in [-0.25, -0.2) is 15.0 Å². The van der Waals surface area contributed by atoms with Crippen LogP contribution in [0.1, 0.15) is 11.1 Å². The number of aromatic nitrogens is 2. The van der Waals surface area contributed by atoms with Gasteiger partial charge < -0.3 is 0 Å². The van der Waals surface area contributed by atoms with Crippen molar-refractivity contribution in [3.63, 3.8) is 0 Å². The highest BCUT2D eigenvalue weighted by Crippen LogP contribution is 2.30. The summed E-state index contributed by atoms with van der Waals surface area (Å²) in [6.45, 7) is 2.08. The van der Waals surface area contributed by atoms with Gasteiger partial charge in [-0.2, -0.15) is 0 Å². The molecule has 0 aliphatic carbocycles. The highest BCUT2D eigenvalue weighted by Gasteiger charge is 2.14. The molecule has 0 atom stereocenters. The lowest BCUT2D eigenvalue weighted by molar-refractivity contribution is 1.13. The van der Waals surface area contributed by atoms with Crippen LogP contribution in [0.2, 0.25) is 0 Å². The second-order valence-corrected chi connectivity index (χ2v) is 3.91. The number of fused-ring (bicyclic) bond motifs is 1. The fourth-order valence-electron chi connectivity index (χ4n) is 1.89. The van der Waals surface area contributed by atoms with Crippen molar-refractivity contribution < 1.29 is 0 Å². The predicted molar refractivity (Wildman–Crippen MR) is 64.1 cm³/mol. The molecule has 0 saturated heterocycles. The van der Waals surface area contributed by atoms with Crippen molar-refractivity contribution >= 4 is 12.0 Å². The second-order valence-electron chi connectivity index (χ2n) is 3.91. The number of aliphatic imine (C=N–C) groups is 1. The van der Waals surface area contributed by atoms with Crippen LogP contribution in [0.4, 0.5) is 5.82 Å². The van der Waals surface area contributed by atoms with E-state index in [0.29, 0.717) is 0 Å². The van der Waals surface area contributed by atoms with Crippen molar-refractivity contribution in [3.05, 3.63) is 41.7 Å². The van der Waals surface area contributed by atoms with E-state index >= 15 is 0 Å². The fourth-order valence-corrected chi connectivity index (χ4v) is 1.89. The molecule has 2 heterocycles. The van der Waals surface area contributed by atoms with Gasteiger partial charge in [0.15, 0.2) is 5.82 Å². The quantitative estimate of drug-likeness (QED) is 0.724. The molecule has 1 aromatic carbocycles. The van der Waals surface area contributed by atoms with Gasteiger partial charge >= 0.3 is 0 Å². The Morgan fingerprint density at radius 3 is 2.69 bits per heavy atom. The van der Waals surface area contributed by atoms with Crippen LogP contribution in [0.25, 0.3) is 11.3 Å². The molecule has 0 fully saturated rings. The average Bonchev–Trinajstić information content (AvgIpc) is 2.78. The number of hydrogen-bond acceptors (Lipinski definition) is 3. The zero-order chi connectivity index (χ0) is 11.0. The third-order valence-corrected chi connectivity index (χ3v) is 2.76. The highest BCUT2D eigenvalue weighted by atomic mass is 15.0. The molecule has 0 amide bonds. The smallest absolute Gasteiger partial charge is 0.159 e. The molecule has 0 bridgehead atoms. The van der Waals surface area contributed by atoms with E-state index in [9.17, 15) is 0 Å². The summed E-state index contributed by atoms with van der Waals surface area (Å²) >= 11 is 0. The number of benzene rings is 1. The summed E-state index contributed by atoms with van der Waals surface area (Å²) in [6, 6.07) is 8.38. The van der Waals surface area contributed by atoms with Crippen LogP contribution in [-0.4, -0.2) is 16.2 Å². The minimum atomic E-state index is 0.811. The van der Waals surface area contributed by atoms with Gasteiger partial charge in [0.05, 0.1) is 5.69 Å². The Labute approximate surface area is 93.9 Å². The zero-order valence-electron chi connectivity index (χ0n) is 9.01. The van der Waals surface area contributed by atoms with Crippen LogP contribution in [0, 0.1) is 6.92 Å². The van der Waals surface area contributed by atoms with Crippen molar-refractivity contribution in [3.8, 4) is 11.3 Å². The first-order valence-corrected chi connectivity index (χ1v) is 5.28. The van der Waals surface area contributed by atoms with Crippen molar-refractivity contribution in [2.75, 3.05) is 0 Å². The topological polar surface area (TPSA) is 38.1 Å². The normalized spacial score (nSPS) is 12.8. The Balaban J connectivity index is 2.14. The largest absolute Gasteiger partial charge is 0.241 e. The van der Waals surface area contributed by atoms with E-state index in [4.69, 9.17) is 0 Å². The van der Waals surface area contributed by atoms with Gasteiger partial charge in [-0.3, -0.25) is 0 Å². The summed E-state index contributed by atoms with van der Waals surface area (Å²) in [7, 11) is 0. The van der Waals surface area contributed by atoms with Crippen molar-refractivity contribution in [2.45, 2.75) is 13.3 Å². The first-order valence-electron chi connectivity index (χ1n) is 5.28. The SMILES string of the molecule is Cc1ccc(-c2ncnc3c2CC=N3)cc1. The molecule has 2 aromatic rings. The van der Waals surface area contributed by atoms with E-state index in [2.05, 4.69) is 46.1 Å². The van der Waals surface area contributed by atoms with Gasteiger partial charge in [0.2, 0.25) is 0 Å². The first-order chi connectivity index (χ1) is 7.84. The molecule has 0 unspecified atom stereocenters. The van der Waals surface area contributed by atoms with Gasteiger partial charge in [-0.15, -0.1) is 0 Å². The predicted octanol–water partition coefficient (Wildman–Crippen LogP) is 2.71. The molecule has 0 radical (unpaired) electrons. The van der Waals surface area contributed by atoms with Gasteiger partial charge in [0.25, 0.3) is 0 Å². The Kier molecular flexibility index (Phi) is 2.03. The van der Waals surface area contributed by atoms with E-state index in [1.165, 1.54) is 5.56 Å². The Morgan fingerprint density at radius 2 is 1.88 bits per heavy atom.